The van der Waals surface area contributed by atoms with Crippen molar-refractivity contribution in [2.45, 2.75) is 12.5 Å². The fourth-order valence-corrected chi connectivity index (χ4v) is 2.51. The summed E-state index contributed by atoms with van der Waals surface area (Å²) >= 11 is 0. The third-order valence-electron chi connectivity index (χ3n) is 3.78. The number of likely N-dealkylation sites (tertiary alicyclic amines) is 1. The van der Waals surface area contributed by atoms with Gasteiger partial charge in [0.2, 0.25) is 5.88 Å². The number of anilines is 1. The molecule has 1 atom stereocenters. The minimum absolute atomic E-state index is 0.119. The Morgan fingerprint density at radius 2 is 2.25 bits per heavy atom. The predicted octanol–water partition coefficient (Wildman–Crippen LogP) is 2.91. The first-order valence-electron chi connectivity index (χ1n) is 7.63. The molecule has 1 N–H and O–H groups in total. The Labute approximate surface area is 139 Å². The van der Waals surface area contributed by atoms with Crippen LogP contribution in [0.5, 0.6) is 11.6 Å². The minimum atomic E-state index is -0.539. The van der Waals surface area contributed by atoms with Crippen LogP contribution >= 0.6 is 0 Å². The fourth-order valence-electron chi connectivity index (χ4n) is 2.51. The molecular weight excluding hydrogens is 313 g/mol. The highest BCUT2D eigenvalue weighted by molar-refractivity contribution is 5.89. The van der Waals surface area contributed by atoms with Crippen molar-refractivity contribution in [3.05, 3.63) is 48.4 Å². The lowest BCUT2D eigenvalue weighted by Crippen LogP contribution is -2.34. The van der Waals surface area contributed by atoms with Gasteiger partial charge in [-0.2, -0.15) is 0 Å². The lowest BCUT2D eigenvalue weighted by atomic mass is 10.3. The fraction of sp³-hybridized carbons (Fsp3) is 0.294. The van der Waals surface area contributed by atoms with Gasteiger partial charge in [0.05, 0.1) is 19.3 Å². The van der Waals surface area contributed by atoms with E-state index in [1.165, 1.54) is 19.2 Å². The van der Waals surface area contributed by atoms with Crippen molar-refractivity contribution < 1.29 is 18.7 Å². The molecule has 2 amide bonds. The van der Waals surface area contributed by atoms with E-state index in [1.54, 1.807) is 23.2 Å². The van der Waals surface area contributed by atoms with E-state index in [0.717, 1.165) is 0 Å². The maximum Gasteiger partial charge on any atom is 0.322 e. The SMILES string of the molecule is COc1ccc(NC(=O)N2CCC(Oc3ccccn3)C2)c(F)c1. The summed E-state index contributed by atoms with van der Waals surface area (Å²) in [5.74, 6) is 0.393. The van der Waals surface area contributed by atoms with Gasteiger partial charge in [0, 0.05) is 31.3 Å². The number of aromatic nitrogens is 1. The largest absolute Gasteiger partial charge is 0.497 e. The van der Waals surface area contributed by atoms with E-state index < -0.39 is 5.82 Å². The maximum atomic E-state index is 13.9. The highest BCUT2D eigenvalue weighted by atomic mass is 19.1. The number of carbonyl (C=O) groups excluding carboxylic acids is 1. The number of nitrogens with zero attached hydrogens (tertiary/aromatic N) is 2. The van der Waals surface area contributed by atoms with Gasteiger partial charge in [-0.1, -0.05) is 6.07 Å². The number of nitrogens with one attached hydrogen (secondary N) is 1. The molecule has 0 radical (unpaired) electrons. The lowest BCUT2D eigenvalue weighted by Gasteiger charge is -2.18. The monoisotopic (exact) mass is 331 g/mol. The molecule has 24 heavy (non-hydrogen) atoms. The third-order valence-corrected chi connectivity index (χ3v) is 3.78. The van der Waals surface area contributed by atoms with E-state index >= 15 is 0 Å². The Kier molecular flexibility index (Phi) is 4.79. The molecule has 126 valence electrons. The summed E-state index contributed by atoms with van der Waals surface area (Å²) in [5.41, 5.74) is 0.120. The molecule has 1 fully saturated rings. The van der Waals surface area contributed by atoms with Crippen LogP contribution in [0, 0.1) is 5.82 Å². The molecule has 2 aromatic rings. The molecule has 0 saturated carbocycles. The van der Waals surface area contributed by atoms with Crippen molar-refractivity contribution in [1.29, 1.82) is 0 Å². The average Bonchev–Trinajstić information content (AvgIpc) is 3.06. The van der Waals surface area contributed by atoms with Crippen molar-refractivity contribution in [2.75, 3.05) is 25.5 Å². The minimum Gasteiger partial charge on any atom is -0.497 e. The zero-order valence-corrected chi connectivity index (χ0v) is 13.2. The van der Waals surface area contributed by atoms with Crippen molar-refractivity contribution in [1.82, 2.24) is 9.88 Å². The molecule has 1 aliphatic rings. The summed E-state index contributed by atoms with van der Waals surface area (Å²) < 4.78 is 24.6. The number of carbonyl (C=O) groups is 1. The van der Waals surface area contributed by atoms with Gasteiger partial charge in [0.15, 0.2) is 0 Å². The van der Waals surface area contributed by atoms with Crippen LogP contribution in [0.25, 0.3) is 0 Å². The third kappa shape index (κ3) is 3.73. The Balaban J connectivity index is 1.56. The number of ether oxygens (including phenoxy) is 2. The van der Waals surface area contributed by atoms with Gasteiger partial charge < -0.3 is 19.7 Å². The number of methoxy groups -OCH3 is 1. The second kappa shape index (κ2) is 7.16. The number of rotatable bonds is 4. The van der Waals surface area contributed by atoms with Gasteiger partial charge in [0.1, 0.15) is 17.7 Å². The van der Waals surface area contributed by atoms with Crippen molar-refractivity contribution in [3.8, 4) is 11.6 Å². The van der Waals surface area contributed by atoms with Crippen LogP contribution in [0.2, 0.25) is 0 Å². The first kappa shape index (κ1) is 16.0. The molecule has 1 unspecified atom stereocenters. The second-order valence-corrected chi connectivity index (χ2v) is 5.42. The predicted molar refractivity (Wildman–Crippen MR) is 86.8 cm³/mol. The van der Waals surface area contributed by atoms with Crippen molar-refractivity contribution in [2.24, 2.45) is 0 Å². The van der Waals surface area contributed by atoms with E-state index in [1.807, 2.05) is 12.1 Å². The number of amides is 2. The Hall–Kier alpha value is -2.83. The van der Waals surface area contributed by atoms with Crippen molar-refractivity contribution in [3.63, 3.8) is 0 Å². The molecule has 1 saturated heterocycles. The van der Waals surface area contributed by atoms with E-state index in [-0.39, 0.29) is 17.8 Å². The molecule has 0 bridgehead atoms. The zero-order chi connectivity index (χ0) is 16.9. The Bertz CT molecular complexity index is 711. The van der Waals surface area contributed by atoms with Crippen LogP contribution in [-0.2, 0) is 0 Å². The molecule has 2 heterocycles. The van der Waals surface area contributed by atoms with Gasteiger partial charge in [0.25, 0.3) is 0 Å². The summed E-state index contributed by atoms with van der Waals surface area (Å²) in [6.07, 6.45) is 2.24. The van der Waals surface area contributed by atoms with Gasteiger partial charge in [-0.3, -0.25) is 0 Å². The number of pyridine rings is 1. The standard InChI is InChI=1S/C17H18FN3O3/c1-23-12-5-6-15(14(18)10-12)20-17(22)21-9-7-13(11-21)24-16-4-2-3-8-19-16/h2-6,8,10,13H,7,9,11H2,1H3,(H,20,22). The average molecular weight is 331 g/mol. The van der Waals surface area contributed by atoms with E-state index in [9.17, 15) is 9.18 Å². The second-order valence-electron chi connectivity index (χ2n) is 5.42. The highest BCUT2D eigenvalue weighted by Gasteiger charge is 2.28. The molecule has 7 heteroatoms. The van der Waals surface area contributed by atoms with Gasteiger partial charge in [-0.25, -0.2) is 14.2 Å². The molecule has 1 aromatic carbocycles. The molecular formula is C17H18FN3O3. The Morgan fingerprint density at radius 1 is 1.38 bits per heavy atom. The Morgan fingerprint density at radius 3 is 2.96 bits per heavy atom. The number of hydrogen-bond acceptors (Lipinski definition) is 4. The van der Waals surface area contributed by atoms with Crippen LogP contribution in [0.15, 0.2) is 42.6 Å². The number of urea groups is 1. The van der Waals surface area contributed by atoms with Gasteiger partial charge >= 0.3 is 6.03 Å². The van der Waals surface area contributed by atoms with Gasteiger partial charge in [-0.05, 0) is 18.2 Å². The summed E-state index contributed by atoms with van der Waals surface area (Å²) in [6, 6.07) is 9.37. The summed E-state index contributed by atoms with van der Waals surface area (Å²) in [5, 5.41) is 2.57. The molecule has 1 aromatic heterocycles. The van der Waals surface area contributed by atoms with Gasteiger partial charge in [-0.15, -0.1) is 0 Å². The molecule has 0 spiro atoms. The smallest absolute Gasteiger partial charge is 0.322 e. The molecule has 6 nitrogen and oxygen atoms in total. The molecule has 1 aliphatic heterocycles. The quantitative estimate of drug-likeness (QED) is 0.936. The topological polar surface area (TPSA) is 63.7 Å². The molecule has 0 aliphatic carbocycles. The van der Waals surface area contributed by atoms with Crippen LogP contribution < -0.4 is 14.8 Å². The first-order valence-corrected chi connectivity index (χ1v) is 7.63. The van der Waals surface area contributed by atoms with E-state index in [0.29, 0.717) is 31.1 Å². The summed E-state index contributed by atoms with van der Waals surface area (Å²) in [4.78, 5) is 18.0. The summed E-state index contributed by atoms with van der Waals surface area (Å²) in [6.45, 7) is 0.974. The summed E-state index contributed by atoms with van der Waals surface area (Å²) in [7, 11) is 1.46. The number of hydrogen-bond donors (Lipinski definition) is 1. The first-order chi connectivity index (χ1) is 11.7. The molecule has 3 rings (SSSR count). The van der Waals surface area contributed by atoms with Crippen LogP contribution in [0.4, 0.5) is 14.9 Å². The van der Waals surface area contributed by atoms with E-state index in [4.69, 9.17) is 9.47 Å². The number of benzene rings is 1. The lowest BCUT2D eigenvalue weighted by molar-refractivity contribution is 0.190. The van der Waals surface area contributed by atoms with Crippen LogP contribution in [-0.4, -0.2) is 42.2 Å². The maximum absolute atomic E-state index is 13.9. The number of halogens is 1. The highest BCUT2D eigenvalue weighted by Crippen LogP contribution is 2.22. The normalized spacial score (nSPS) is 16.8. The van der Waals surface area contributed by atoms with E-state index in [2.05, 4.69) is 10.3 Å². The zero-order valence-electron chi connectivity index (χ0n) is 13.2. The van der Waals surface area contributed by atoms with Crippen molar-refractivity contribution >= 4 is 11.7 Å². The van der Waals surface area contributed by atoms with Crippen LogP contribution in [0.1, 0.15) is 6.42 Å². The van der Waals surface area contributed by atoms with Crippen LogP contribution in [0.3, 0.4) is 0 Å².